The number of aromatic amines is 1. The van der Waals surface area contributed by atoms with Gasteiger partial charge in [0.15, 0.2) is 5.75 Å². The Morgan fingerprint density at radius 1 is 1.00 bits per heavy atom. The Morgan fingerprint density at radius 2 is 1.65 bits per heavy atom. The minimum atomic E-state index is -5.17. The molecule has 4 nitrogen and oxygen atoms in total. The first-order chi connectivity index (χ1) is 15.8. The number of fused-ring (bicyclic) bond motifs is 1. The Morgan fingerprint density at radius 3 is 2.18 bits per heavy atom. The van der Waals surface area contributed by atoms with Crippen molar-refractivity contribution in [3.05, 3.63) is 76.7 Å². The second-order valence-electron chi connectivity index (χ2n) is 7.96. The molecule has 0 amide bonds. The zero-order valence-corrected chi connectivity index (χ0v) is 17.8. The summed E-state index contributed by atoms with van der Waals surface area (Å²) in [5.74, 6) is -2.38. The van der Waals surface area contributed by atoms with E-state index in [0.717, 1.165) is 24.0 Å². The van der Waals surface area contributed by atoms with E-state index in [-0.39, 0.29) is 17.2 Å². The summed E-state index contributed by atoms with van der Waals surface area (Å²) in [6.45, 7) is 3.81. The summed E-state index contributed by atoms with van der Waals surface area (Å²) in [5, 5.41) is 0.627. The Balaban J connectivity index is 1.89. The van der Waals surface area contributed by atoms with Crippen LogP contribution in [-0.2, 0) is 21.9 Å². The molecule has 2 heterocycles. The Kier molecular flexibility index (Phi) is 5.71. The Hall–Kier alpha value is -3.69. The molecule has 1 N–H and O–H groups in total. The van der Waals surface area contributed by atoms with Crippen LogP contribution in [0.3, 0.4) is 0 Å². The van der Waals surface area contributed by atoms with Crippen molar-refractivity contribution in [2.24, 2.45) is 0 Å². The molecular formula is C24H17F6NO3. The zero-order valence-electron chi connectivity index (χ0n) is 17.8. The lowest BCUT2D eigenvalue weighted by atomic mass is 10.0. The number of benzene rings is 2. The molecule has 1 aliphatic rings. The smallest absolute Gasteiger partial charge is 0.420 e. The molecule has 34 heavy (non-hydrogen) atoms. The summed E-state index contributed by atoms with van der Waals surface area (Å²) in [4.78, 5) is 14.6. The molecule has 4 rings (SSSR count). The molecule has 178 valence electrons. The number of esters is 1. The van der Waals surface area contributed by atoms with Crippen molar-refractivity contribution in [3.63, 3.8) is 0 Å². The van der Waals surface area contributed by atoms with Crippen LogP contribution < -0.4 is 4.74 Å². The van der Waals surface area contributed by atoms with Gasteiger partial charge in [0.05, 0.1) is 23.0 Å². The highest BCUT2D eigenvalue weighted by atomic mass is 19.4. The van der Waals surface area contributed by atoms with Crippen molar-refractivity contribution in [2.75, 3.05) is 0 Å². The van der Waals surface area contributed by atoms with Gasteiger partial charge in [0.25, 0.3) is 0 Å². The highest BCUT2D eigenvalue weighted by Crippen LogP contribution is 2.47. The summed E-state index contributed by atoms with van der Waals surface area (Å²) in [5.41, 5.74) is -2.40. The number of rotatable bonds is 4. The molecule has 0 radical (unpaired) electrons. The lowest BCUT2D eigenvalue weighted by Crippen LogP contribution is -2.14. The average Bonchev–Trinajstić information content (AvgIpc) is 3.33. The summed E-state index contributed by atoms with van der Waals surface area (Å²) >= 11 is 0. The topological polar surface area (TPSA) is 51.3 Å². The fourth-order valence-electron chi connectivity index (χ4n) is 3.64. The normalized spacial score (nSPS) is 15.6. The molecule has 0 fully saturated rings. The van der Waals surface area contributed by atoms with Crippen molar-refractivity contribution >= 4 is 22.9 Å². The van der Waals surface area contributed by atoms with Gasteiger partial charge in [-0.15, -0.1) is 0 Å². The molecule has 0 aliphatic carbocycles. The molecular weight excluding hydrogens is 464 g/mol. The molecule has 0 bridgehead atoms. The minimum Gasteiger partial charge on any atom is -0.456 e. The number of cyclic esters (lactones) is 1. The van der Waals surface area contributed by atoms with E-state index in [1.165, 1.54) is 18.2 Å². The number of hydrogen-bond acceptors (Lipinski definition) is 3. The number of carbonyl (C=O) groups is 1. The highest BCUT2D eigenvalue weighted by molar-refractivity contribution is 5.99. The van der Waals surface area contributed by atoms with Crippen molar-refractivity contribution in [1.29, 1.82) is 0 Å². The molecule has 0 spiro atoms. The lowest BCUT2D eigenvalue weighted by molar-refractivity contribution is -0.145. The quantitative estimate of drug-likeness (QED) is 0.238. The summed E-state index contributed by atoms with van der Waals surface area (Å²) in [6, 6.07) is 5.22. The van der Waals surface area contributed by atoms with Crippen LogP contribution in [0.4, 0.5) is 26.3 Å². The molecule has 1 aromatic heterocycles. The molecule has 3 aromatic rings. The lowest BCUT2D eigenvalue weighted by Gasteiger charge is -2.20. The Labute approximate surface area is 189 Å². The molecule has 10 heteroatoms. The predicted octanol–water partition coefficient (Wildman–Crippen LogP) is 7.58. The van der Waals surface area contributed by atoms with Crippen LogP contribution in [0, 0.1) is 0 Å². The van der Waals surface area contributed by atoms with Crippen LogP contribution >= 0.6 is 0 Å². The van der Waals surface area contributed by atoms with Gasteiger partial charge in [-0.05, 0) is 59.5 Å². The standard InChI is InChI=1S/C24H17F6NO3/c1-12(2)17-11-31-20-4-3-15(10-16(17)20)34-21-18(23(25,26)27)8-13(9-19(21)24(28,29)30)7-14-5-6-33-22(14)32/h3-12,31H,1-2H3. The summed E-state index contributed by atoms with van der Waals surface area (Å²) < 4.78 is 93.1. The number of ether oxygens (including phenoxy) is 2. The number of aromatic nitrogens is 1. The van der Waals surface area contributed by atoms with Gasteiger partial charge in [-0.25, -0.2) is 4.79 Å². The number of nitrogens with one attached hydrogen (secondary N) is 1. The third-order valence-corrected chi connectivity index (χ3v) is 5.23. The summed E-state index contributed by atoms with van der Waals surface area (Å²) in [6.07, 6.45) is -5.59. The first-order valence-corrected chi connectivity index (χ1v) is 10.0. The number of carbonyl (C=O) groups excluding carboxylic acids is 1. The fourth-order valence-corrected chi connectivity index (χ4v) is 3.64. The van der Waals surface area contributed by atoms with E-state index in [0.29, 0.717) is 23.0 Å². The first kappa shape index (κ1) is 23.5. The number of hydrogen-bond donors (Lipinski definition) is 1. The maximum absolute atomic E-state index is 13.9. The summed E-state index contributed by atoms with van der Waals surface area (Å²) in [7, 11) is 0. The van der Waals surface area contributed by atoms with Crippen LogP contribution in [0.1, 0.15) is 42.0 Å². The predicted molar refractivity (Wildman–Crippen MR) is 112 cm³/mol. The van der Waals surface area contributed by atoms with Crippen molar-refractivity contribution in [2.45, 2.75) is 32.1 Å². The minimum absolute atomic E-state index is 0.0594. The van der Waals surface area contributed by atoms with Gasteiger partial charge in [0.2, 0.25) is 0 Å². The van der Waals surface area contributed by atoms with Gasteiger partial charge >= 0.3 is 18.3 Å². The monoisotopic (exact) mass is 481 g/mol. The van der Waals surface area contributed by atoms with Gasteiger partial charge in [-0.3, -0.25) is 0 Å². The molecule has 2 aromatic carbocycles. The molecule has 1 aliphatic heterocycles. The van der Waals surface area contributed by atoms with E-state index >= 15 is 0 Å². The third-order valence-electron chi connectivity index (χ3n) is 5.23. The van der Waals surface area contributed by atoms with E-state index in [4.69, 9.17) is 4.74 Å². The van der Waals surface area contributed by atoms with E-state index in [1.807, 2.05) is 13.8 Å². The molecule has 0 saturated heterocycles. The number of H-pyrrole nitrogens is 1. The second kappa shape index (κ2) is 8.27. The van der Waals surface area contributed by atoms with Gasteiger partial charge in [0.1, 0.15) is 5.75 Å². The number of halogens is 6. The van der Waals surface area contributed by atoms with Crippen LogP contribution in [0.15, 0.2) is 54.4 Å². The Bertz CT molecular complexity index is 1290. The highest BCUT2D eigenvalue weighted by Gasteiger charge is 2.43. The van der Waals surface area contributed by atoms with Crippen molar-refractivity contribution in [3.8, 4) is 11.5 Å². The van der Waals surface area contributed by atoms with E-state index in [1.54, 1.807) is 6.20 Å². The van der Waals surface area contributed by atoms with Crippen LogP contribution in [-0.4, -0.2) is 11.0 Å². The molecule has 0 unspecified atom stereocenters. The van der Waals surface area contributed by atoms with Gasteiger partial charge < -0.3 is 14.5 Å². The van der Waals surface area contributed by atoms with Gasteiger partial charge in [0, 0.05) is 17.1 Å². The third kappa shape index (κ3) is 4.52. The van der Waals surface area contributed by atoms with E-state index < -0.39 is 40.8 Å². The van der Waals surface area contributed by atoms with Gasteiger partial charge in [-0.1, -0.05) is 13.8 Å². The van der Waals surface area contributed by atoms with E-state index in [9.17, 15) is 31.1 Å². The molecule has 0 saturated carbocycles. The van der Waals surface area contributed by atoms with Crippen LogP contribution in [0.2, 0.25) is 0 Å². The van der Waals surface area contributed by atoms with E-state index in [2.05, 4.69) is 9.72 Å². The van der Waals surface area contributed by atoms with Crippen LogP contribution in [0.25, 0.3) is 17.0 Å². The fraction of sp³-hybridized carbons (Fsp3) is 0.208. The van der Waals surface area contributed by atoms with Crippen molar-refractivity contribution in [1.82, 2.24) is 4.98 Å². The number of alkyl halides is 6. The maximum atomic E-state index is 13.9. The molecule has 0 atom stereocenters. The largest absolute Gasteiger partial charge is 0.456 e. The van der Waals surface area contributed by atoms with Crippen LogP contribution in [0.5, 0.6) is 11.5 Å². The first-order valence-electron chi connectivity index (χ1n) is 10.0. The van der Waals surface area contributed by atoms with Crippen molar-refractivity contribution < 1.29 is 40.6 Å². The van der Waals surface area contributed by atoms with Gasteiger partial charge in [-0.2, -0.15) is 26.3 Å². The zero-order chi connectivity index (χ0) is 24.8. The average molecular weight is 481 g/mol. The second-order valence-corrected chi connectivity index (χ2v) is 7.96. The SMILES string of the molecule is CC(C)c1c[nH]c2ccc(Oc3c(C(F)(F)F)cc(C=C4C=COC4=O)cc3C(F)(F)F)cc12. The maximum Gasteiger partial charge on any atom is 0.420 e.